The van der Waals surface area contributed by atoms with Gasteiger partial charge in [-0.15, -0.1) is 0 Å². The van der Waals surface area contributed by atoms with Crippen LogP contribution in [-0.4, -0.2) is 16.4 Å². The summed E-state index contributed by atoms with van der Waals surface area (Å²) in [5.74, 6) is -0.869. The van der Waals surface area contributed by atoms with Crippen LogP contribution in [0.25, 0.3) is 5.57 Å². The maximum atomic E-state index is 13.4. The molecule has 0 aliphatic carbocycles. The third-order valence-electron chi connectivity index (χ3n) is 5.27. The normalized spacial score (nSPS) is 11.4. The van der Waals surface area contributed by atoms with E-state index in [1.807, 2.05) is 32.2 Å². The molecule has 0 fully saturated rings. The first-order chi connectivity index (χ1) is 15.8. The van der Waals surface area contributed by atoms with Crippen LogP contribution in [0.2, 0.25) is 0 Å². The molecule has 0 aliphatic heterocycles. The lowest BCUT2D eigenvalue weighted by molar-refractivity contribution is -0.118. The molecular formula is C28H28F2N2O. The Labute approximate surface area is 193 Å². The van der Waals surface area contributed by atoms with E-state index in [4.69, 9.17) is 0 Å². The van der Waals surface area contributed by atoms with Crippen molar-refractivity contribution in [3.8, 4) is 0 Å². The predicted molar refractivity (Wildman–Crippen MR) is 128 cm³/mol. The fourth-order valence-corrected chi connectivity index (χ4v) is 3.57. The van der Waals surface area contributed by atoms with Gasteiger partial charge in [-0.1, -0.05) is 42.5 Å². The van der Waals surface area contributed by atoms with Gasteiger partial charge in [0.2, 0.25) is 5.91 Å². The van der Waals surface area contributed by atoms with Crippen molar-refractivity contribution in [2.45, 2.75) is 38.6 Å². The molecule has 1 heterocycles. The maximum Gasteiger partial charge on any atom is 0.244 e. The topological polar surface area (TPSA) is 42.0 Å². The number of rotatable bonds is 9. The Balaban J connectivity index is 1.65. The molecule has 0 saturated heterocycles. The lowest BCUT2D eigenvalue weighted by atomic mass is 9.95. The van der Waals surface area contributed by atoms with Crippen LogP contribution < -0.4 is 5.32 Å². The second kappa shape index (κ2) is 11.3. The lowest BCUT2D eigenvalue weighted by Gasteiger charge is -2.25. The summed E-state index contributed by atoms with van der Waals surface area (Å²) in [6, 6.07) is 16.1. The SMILES string of the molecule is CC(C)(CCCc1cccnc1)NC(=O)C=CC=C(c1ccc(F)cc1)c1ccc(F)cc1. The first kappa shape index (κ1) is 24.1. The van der Waals surface area contributed by atoms with Crippen LogP contribution in [0.15, 0.2) is 91.3 Å². The van der Waals surface area contributed by atoms with Gasteiger partial charge >= 0.3 is 0 Å². The summed E-state index contributed by atoms with van der Waals surface area (Å²) in [5, 5.41) is 3.04. The minimum atomic E-state index is -0.357. The van der Waals surface area contributed by atoms with E-state index >= 15 is 0 Å². The third kappa shape index (κ3) is 7.79. The maximum absolute atomic E-state index is 13.4. The monoisotopic (exact) mass is 446 g/mol. The molecule has 3 aromatic rings. The molecule has 0 aliphatic rings. The highest BCUT2D eigenvalue weighted by atomic mass is 19.1. The van der Waals surface area contributed by atoms with Gasteiger partial charge in [0.15, 0.2) is 0 Å². The van der Waals surface area contributed by atoms with Crippen molar-refractivity contribution in [3.63, 3.8) is 0 Å². The van der Waals surface area contributed by atoms with Crippen molar-refractivity contribution in [2.24, 2.45) is 0 Å². The summed E-state index contributed by atoms with van der Waals surface area (Å²) in [4.78, 5) is 16.6. The predicted octanol–water partition coefficient (Wildman–Crippen LogP) is 6.27. The van der Waals surface area contributed by atoms with E-state index in [0.29, 0.717) is 0 Å². The number of hydrogen-bond donors (Lipinski definition) is 1. The Hall–Kier alpha value is -3.60. The second-order valence-electron chi connectivity index (χ2n) is 8.54. The Morgan fingerprint density at radius 2 is 1.58 bits per heavy atom. The zero-order valence-electron chi connectivity index (χ0n) is 18.9. The molecule has 3 rings (SSSR count). The summed E-state index contributed by atoms with van der Waals surface area (Å²) >= 11 is 0. The average Bonchev–Trinajstić information content (AvgIpc) is 2.78. The van der Waals surface area contributed by atoms with E-state index in [-0.39, 0.29) is 23.1 Å². The van der Waals surface area contributed by atoms with Crippen LogP contribution in [0.4, 0.5) is 8.78 Å². The first-order valence-electron chi connectivity index (χ1n) is 10.9. The Kier molecular flexibility index (Phi) is 8.25. The van der Waals surface area contributed by atoms with Gasteiger partial charge in [0.05, 0.1) is 0 Å². The quantitative estimate of drug-likeness (QED) is 0.311. The van der Waals surface area contributed by atoms with Crippen LogP contribution in [0.1, 0.15) is 43.4 Å². The van der Waals surface area contributed by atoms with Crippen LogP contribution >= 0.6 is 0 Å². The zero-order valence-corrected chi connectivity index (χ0v) is 18.9. The highest BCUT2D eigenvalue weighted by molar-refractivity contribution is 5.89. The van der Waals surface area contributed by atoms with Crippen LogP contribution in [-0.2, 0) is 11.2 Å². The fraction of sp³-hybridized carbons (Fsp3) is 0.214. The number of nitrogens with one attached hydrogen (secondary N) is 1. The zero-order chi connectivity index (χ0) is 23.7. The van der Waals surface area contributed by atoms with Crippen molar-refractivity contribution in [1.29, 1.82) is 0 Å². The Morgan fingerprint density at radius 3 is 2.12 bits per heavy atom. The molecule has 33 heavy (non-hydrogen) atoms. The smallest absolute Gasteiger partial charge is 0.244 e. The number of amides is 1. The molecule has 1 N–H and O–H groups in total. The molecule has 0 unspecified atom stereocenters. The van der Waals surface area contributed by atoms with Gasteiger partial charge < -0.3 is 5.32 Å². The highest BCUT2D eigenvalue weighted by Crippen LogP contribution is 2.24. The number of aryl methyl sites for hydroxylation is 1. The molecule has 2 aromatic carbocycles. The number of halogens is 2. The molecule has 0 radical (unpaired) electrons. The number of carbonyl (C=O) groups excluding carboxylic acids is 1. The molecule has 0 saturated carbocycles. The average molecular weight is 447 g/mol. The summed E-state index contributed by atoms with van der Waals surface area (Å²) in [5.41, 5.74) is 3.12. The van der Waals surface area contributed by atoms with Gasteiger partial charge in [0, 0.05) is 24.0 Å². The van der Waals surface area contributed by atoms with Gasteiger partial charge in [0.25, 0.3) is 0 Å². The lowest BCUT2D eigenvalue weighted by Crippen LogP contribution is -2.42. The van der Waals surface area contributed by atoms with Crippen molar-refractivity contribution >= 4 is 11.5 Å². The minimum absolute atomic E-state index is 0.199. The number of pyridine rings is 1. The van der Waals surface area contributed by atoms with E-state index < -0.39 is 0 Å². The molecule has 0 atom stereocenters. The van der Waals surface area contributed by atoms with Gasteiger partial charge in [-0.2, -0.15) is 0 Å². The van der Waals surface area contributed by atoms with E-state index in [9.17, 15) is 13.6 Å². The third-order valence-corrected chi connectivity index (χ3v) is 5.27. The molecule has 5 heteroatoms. The van der Waals surface area contributed by atoms with Gasteiger partial charge in [-0.25, -0.2) is 8.78 Å². The van der Waals surface area contributed by atoms with Crippen molar-refractivity contribution in [2.75, 3.05) is 0 Å². The van der Waals surface area contributed by atoms with E-state index in [0.717, 1.165) is 36.0 Å². The number of hydrogen-bond acceptors (Lipinski definition) is 2. The minimum Gasteiger partial charge on any atom is -0.348 e. The number of benzene rings is 2. The molecule has 1 aromatic heterocycles. The van der Waals surface area contributed by atoms with E-state index in [1.165, 1.54) is 35.9 Å². The second-order valence-corrected chi connectivity index (χ2v) is 8.54. The molecule has 0 spiro atoms. The summed E-state index contributed by atoms with van der Waals surface area (Å²) in [6.45, 7) is 4.00. The number of allylic oxidation sites excluding steroid dienone is 2. The van der Waals surface area contributed by atoms with Crippen molar-refractivity contribution in [1.82, 2.24) is 10.3 Å². The van der Waals surface area contributed by atoms with Gasteiger partial charge in [0.1, 0.15) is 11.6 Å². The van der Waals surface area contributed by atoms with Crippen molar-refractivity contribution < 1.29 is 13.6 Å². The Morgan fingerprint density at radius 1 is 0.970 bits per heavy atom. The summed E-state index contributed by atoms with van der Waals surface area (Å²) in [7, 11) is 0. The number of carbonyl (C=O) groups is 1. The standard InChI is InChI=1S/C28H28F2N2O/c1-28(2,18-4-6-21-7-5-19-31-20-21)32-27(33)9-3-8-26(22-10-14-24(29)15-11-22)23-12-16-25(30)17-13-23/h3,5,7-17,19-20H,4,6,18H2,1-2H3,(H,32,33). The molecule has 0 bridgehead atoms. The van der Waals surface area contributed by atoms with Gasteiger partial charge in [-0.05, 0) is 85.7 Å². The highest BCUT2D eigenvalue weighted by Gasteiger charge is 2.18. The molecule has 1 amide bonds. The Bertz CT molecular complexity index is 1060. The number of aromatic nitrogens is 1. The number of nitrogens with zero attached hydrogens (tertiary/aromatic N) is 1. The van der Waals surface area contributed by atoms with Crippen LogP contribution in [0.3, 0.4) is 0 Å². The van der Waals surface area contributed by atoms with Gasteiger partial charge in [-0.3, -0.25) is 9.78 Å². The van der Waals surface area contributed by atoms with Crippen molar-refractivity contribution in [3.05, 3.63) is 120 Å². The van der Waals surface area contributed by atoms with Crippen LogP contribution in [0, 0.1) is 11.6 Å². The molecule has 3 nitrogen and oxygen atoms in total. The molecule has 170 valence electrons. The van der Waals surface area contributed by atoms with Crippen LogP contribution in [0.5, 0.6) is 0 Å². The first-order valence-corrected chi connectivity index (χ1v) is 10.9. The largest absolute Gasteiger partial charge is 0.348 e. The summed E-state index contributed by atoms with van der Waals surface area (Å²) in [6.07, 6.45) is 11.2. The van der Waals surface area contributed by atoms with E-state index in [2.05, 4.69) is 10.3 Å². The summed E-state index contributed by atoms with van der Waals surface area (Å²) < 4.78 is 26.7. The fourth-order valence-electron chi connectivity index (χ4n) is 3.57. The molecular weight excluding hydrogens is 418 g/mol. The van der Waals surface area contributed by atoms with E-state index in [1.54, 1.807) is 42.6 Å².